The lowest BCUT2D eigenvalue weighted by Gasteiger charge is -2.39. The van der Waals surface area contributed by atoms with Gasteiger partial charge in [-0.05, 0) is 23.8 Å². The Morgan fingerprint density at radius 2 is 1.94 bits per heavy atom. The van der Waals surface area contributed by atoms with Crippen LogP contribution in [0.5, 0.6) is 0 Å². The van der Waals surface area contributed by atoms with Gasteiger partial charge in [0.2, 0.25) is 11.6 Å². The van der Waals surface area contributed by atoms with E-state index in [1.54, 1.807) is 0 Å². The SMILES string of the molecule is COC1(OC)C=C(/C=C/C=O)C=CC1(O)O. The van der Waals surface area contributed by atoms with E-state index in [1.165, 1.54) is 38.5 Å². The van der Waals surface area contributed by atoms with Crippen molar-refractivity contribution in [2.75, 3.05) is 14.2 Å². The van der Waals surface area contributed by atoms with Gasteiger partial charge in [0.25, 0.3) is 0 Å². The molecule has 0 aromatic rings. The molecule has 0 aliphatic heterocycles. The highest BCUT2D eigenvalue weighted by molar-refractivity contribution is 5.66. The molecule has 0 aromatic heterocycles. The minimum Gasteiger partial charge on any atom is -0.358 e. The number of ether oxygens (including phenoxy) is 2. The van der Waals surface area contributed by atoms with E-state index in [4.69, 9.17) is 9.47 Å². The van der Waals surface area contributed by atoms with Crippen molar-refractivity contribution in [3.8, 4) is 0 Å². The number of carbonyl (C=O) groups excluding carboxylic acids is 1. The third-order valence-corrected chi connectivity index (χ3v) is 2.35. The molecule has 0 aromatic carbocycles. The maximum Gasteiger partial charge on any atom is 0.248 e. The highest BCUT2D eigenvalue weighted by Gasteiger charge is 2.49. The summed E-state index contributed by atoms with van der Waals surface area (Å²) in [6.45, 7) is 0. The first-order chi connectivity index (χ1) is 7.51. The predicted octanol–water partition coefficient (Wildman–Crippen LogP) is -0.0923. The Morgan fingerprint density at radius 3 is 2.44 bits per heavy atom. The fourth-order valence-corrected chi connectivity index (χ4v) is 1.46. The van der Waals surface area contributed by atoms with Crippen LogP contribution in [0.4, 0.5) is 0 Å². The molecule has 1 rings (SSSR count). The Hall–Kier alpha value is -1.27. The largest absolute Gasteiger partial charge is 0.358 e. The van der Waals surface area contributed by atoms with Crippen molar-refractivity contribution in [1.29, 1.82) is 0 Å². The molecule has 16 heavy (non-hydrogen) atoms. The van der Waals surface area contributed by atoms with Crippen LogP contribution in [0.25, 0.3) is 0 Å². The lowest BCUT2D eigenvalue weighted by Crippen LogP contribution is -2.55. The van der Waals surface area contributed by atoms with Gasteiger partial charge in [0.1, 0.15) is 6.29 Å². The van der Waals surface area contributed by atoms with Crippen LogP contribution in [0.2, 0.25) is 0 Å². The van der Waals surface area contributed by atoms with Gasteiger partial charge in [0, 0.05) is 14.2 Å². The molecule has 0 radical (unpaired) electrons. The molecule has 0 bridgehead atoms. The molecule has 1 aliphatic carbocycles. The first kappa shape index (κ1) is 12.8. The zero-order chi connectivity index (χ0) is 12.2. The van der Waals surface area contributed by atoms with E-state index in [0.717, 1.165) is 6.08 Å². The monoisotopic (exact) mass is 226 g/mol. The molecular weight excluding hydrogens is 212 g/mol. The second-order valence-corrected chi connectivity index (χ2v) is 3.27. The maximum atomic E-state index is 10.2. The van der Waals surface area contributed by atoms with Gasteiger partial charge in [-0.3, -0.25) is 4.79 Å². The topological polar surface area (TPSA) is 76.0 Å². The fraction of sp³-hybridized carbons (Fsp3) is 0.364. The molecule has 2 N–H and O–H groups in total. The van der Waals surface area contributed by atoms with Gasteiger partial charge < -0.3 is 19.7 Å². The number of carbonyl (C=O) groups is 1. The summed E-state index contributed by atoms with van der Waals surface area (Å²) in [5, 5.41) is 19.4. The van der Waals surface area contributed by atoms with Crippen LogP contribution in [0.15, 0.2) is 36.0 Å². The van der Waals surface area contributed by atoms with E-state index in [9.17, 15) is 15.0 Å². The van der Waals surface area contributed by atoms with Crippen molar-refractivity contribution in [2.24, 2.45) is 0 Å². The third-order valence-electron chi connectivity index (χ3n) is 2.35. The van der Waals surface area contributed by atoms with Gasteiger partial charge in [0.05, 0.1) is 0 Å². The van der Waals surface area contributed by atoms with Crippen molar-refractivity contribution in [1.82, 2.24) is 0 Å². The van der Waals surface area contributed by atoms with Crippen molar-refractivity contribution in [3.63, 3.8) is 0 Å². The van der Waals surface area contributed by atoms with Crippen LogP contribution in [-0.2, 0) is 14.3 Å². The summed E-state index contributed by atoms with van der Waals surface area (Å²) in [5.74, 6) is -3.93. The third kappa shape index (κ3) is 2.12. The minimum absolute atomic E-state index is 0.578. The van der Waals surface area contributed by atoms with Gasteiger partial charge in [-0.1, -0.05) is 12.2 Å². The van der Waals surface area contributed by atoms with Crippen molar-refractivity contribution >= 4 is 6.29 Å². The van der Waals surface area contributed by atoms with E-state index < -0.39 is 11.6 Å². The van der Waals surface area contributed by atoms with Crippen LogP contribution in [0, 0.1) is 0 Å². The quantitative estimate of drug-likeness (QED) is 0.398. The van der Waals surface area contributed by atoms with E-state index in [2.05, 4.69) is 0 Å². The summed E-state index contributed by atoms with van der Waals surface area (Å²) in [6.07, 6.45) is 7.38. The first-order valence-corrected chi connectivity index (χ1v) is 4.60. The lowest BCUT2D eigenvalue weighted by molar-refractivity contribution is -0.328. The smallest absolute Gasteiger partial charge is 0.248 e. The zero-order valence-corrected chi connectivity index (χ0v) is 9.08. The summed E-state index contributed by atoms with van der Waals surface area (Å²) >= 11 is 0. The van der Waals surface area contributed by atoms with Crippen LogP contribution < -0.4 is 0 Å². The van der Waals surface area contributed by atoms with E-state index in [1.807, 2.05) is 0 Å². The first-order valence-electron chi connectivity index (χ1n) is 4.60. The normalized spacial score (nSPS) is 22.1. The van der Waals surface area contributed by atoms with Crippen LogP contribution in [0.1, 0.15) is 0 Å². The van der Waals surface area contributed by atoms with Crippen LogP contribution in [-0.4, -0.2) is 42.3 Å². The average molecular weight is 226 g/mol. The standard InChI is InChI=1S/C11H14O5/c1-15-11(16-2)8-9(4-3-7-12)5-6-10(11,13)14/h3-8,13-14H,1-2H3/b4-3+. The Kier molecular flexibility index (Phi) is 3.77. The number of allylic oxidation sites excluding steroid dienone is 4. The molecule has 0 unspecified atom stereocenters. The molecule has 1 aliphatic rings. The number of rotatable bonds is 4. The van der Waals surface area contributed by atoms with Crippen molar-refractivity contribution in [3.05, 3.63) is 36.0 Å². The molecule has 0 saturated carbocycles. The van der Waals surface area contributed by atoms with Crippen LogP contribution >= 0.6 is 0 Å². The number of aliphatic hydroxyl groups is 2. The van der Waals surface area contributed by atoms with E-state index in [0.29, 0.717) is 11.9 Å². The fourth-order valence-electron chi connectivity index (χ4n) is 1.46. The molecule has 0 fully saturated rings. The summed E-state index contributed by atoms with van der Waals surface area (Å²) in [5.41, 5.74) is 0.578. The second-order valence-electron chi connectivity index (χ2n) is 3.27. The number of methoxy groups -OCH3 is 2. The number of aldehydes is 1. The summed E-state index contributed by atoms with van der Waals surface area (Å²) < 4.78 is 9.96. The number of hydrogen-bond acceptors (Lipinski definition) is 5. The van der Waals surface area contributed by atoms with Crippen LogP contribution in [0.3, 0.4) is 0 Å². The van der Waals surface area contributed by atoms with Gasteiger partial charge >= 0.3 is 0 Å². The maximum absolute atomic E-state index is 10.2. The Bertz CT molecular complexity index is 347. The molecule has 5 nitrogen and oxygen atoms in total. The molecular formula is C11H14O5. The highest BCUT2D eigenvalue weighted by atomic mass is 16.7. The molecule has 0 amide bonds. The minimum atomic E-state index is -2.25. The lowest BCUT2D eigenvalue weighted by atomic mass is 9.95. The number of hydrogen-bond donors (Lipinski definition) is 2. The molecule has 0 atom stereocenters. The molecule has 0 heterocycles. The zero-order valence-electron chi connectivity index (χ0n) is 9.08. The summed E-state index contributed by atoms with van der Waals surface area (Å²) in [6, 6.07) is 0. The summed E-state index contributed by atoms with van der Waals surface area (Å²) in [7, 11) is 2.59. The Balaban J connectivity index is 3.12. The van der Waals surface area contributed by atoms with Gasteiger partial charge in [-0.25, -0.2) is 0 Å². The van der Waals surface area contributed by atoms with Crippen molar-refractivity contribution < 1.29 is 24.5 Å². The van der Waals surface area contributed by atoms with Gasteiger partial charge in [-0.15, -0.1) is 0 Å². The van der Waals surface area contributed by atoms with E-state index >= 15 is 0 Å². The van der Waals surface area contributed by atoms with Crippen molar-refractivity contribution in [2.45, 2.75) is 11.6 Å². The molecule has 0 saturated heterocycles. The van der Waals surface area contributed by atoms with E-state index in [-0.39, 0.29) is 0 Å². The van der Waals surface area contributed by atoms with Gasteiger partial charge in [0.15, 0.2) is 0 Å². The van der Waals surface area contributed by atoms with Gasteiger partial charge in [-0.2, -0.15) is 0 Å². The molecule has 88 valence electrons. The molecule has 0 spiro atoms. The Labute approximate surface area is 93.3 Å². The predicted molar refractivity (Wildman–Crippen MR) is 56.3 cm³/mol. The average Bonchev–Trinajstić information content (AvgIpc) is 2.28. The molecule has 5 heteroatoms. The Morgan fingerprint density at radius 1 is 1.31 bits per heavy atom. The summed E-state index contributed by atoms with van der Waals surface area (Å²) in [4.78, 5) is 10.2. The second kappa shape index (κ2) is 4.71. The highest BCUT2D eigenvalue weighted by Crippen LogP contribution is 2.33.